The number of hydrogen-bond donors (Lipinski definition) is 0. The largest absolute Gasteiger partial charge is 0.212 e. The molecule has 0 fully saturated rings. The molecular formula is C10H16N4S. The molecule has 0 saturated carbocycles. The highest BCUT2D eigenvalue weighted by Crippen LogP contribution is 2.37. The van der Waals surface area contributed by atoms with Gasteiger partial charge in [-0.15, -0.1) is 10.2 Å². The normalized spacial score (nSPS) is 18.5. The molecule has 0 atom stereocenters. The summed E-state index contributed by atoms with van der Waals surface area (Å²) in [7, 11) is 0. The standard InChI is InChI=1S/C10H16N4S/c1-5-7-10(3,4)15-9-12-11-8(6-2)14(9)13-7/h5-6H2,1-4H3. The highest BCUT2D eigenvalue weighted by molar-refractivity contribution is 8.01. The molecule has 82 valence electrons. The summed E-state index contributed by atoms with van der Waals surface area (Å²) in [5, 5.41) is 13.8. The third-order valence-corrected chi connectivity index (χ3v) is 3.77. The number of nitrogens with zero attached hydrogens (tertiary/aromatic N) is 4. The van der Waals surface area contributed by atoms with Crippen LogP contribution in [0.5, 0.6) is 0 Å². The summed E-state index contributed by atoms with van der Waals surface area (Å²) in [6.45, 7) is 8.58. The van der Waals surface area contributed by atoms with E-state index in [-0.39, 0.29) is 4.75 Å². The fourth-order valence-corrected chi connectivity index (χ4v) is 2.78. The lowest BCUT2D eigenvalue weighted by molar-refractivity contribution is 0.683. The highest BCUT2D eigenvalue weighted by Gasteiger charge is 2.32. The van der Waals surface area contributed by atoms with Gasteiger partial charge in [0.1, 0.15) is 0 Å². The molecule has 15 heavy (non-hydrogen) atoms. The molecule has 0 amide bonds. The maximum absolute atomic E-state index is 4.63. The second-order valence-electron chi connectivity index (χ2n) is 4.08. The first-order valence-electron chi connectivity index (χ1n) is 5.30. The van der Waals surface area contributed by atoms with Crippen molar-refractivity contribution in [3.63, 3.8) is 0 Å². The summed E-state index contributed by atoms with van der Waals surface area (Å²) in [5.74, 6) is 0.943. The van der Waals surface area contributed by atoms with Crippen molar-refractivity contribution in [1.29, 1.82) is 0 Å². The topological polar surface area (TPSA) is 43.1 Å². The molecule has 5 heteroatoms. The Morgan fingerprint density at radius 2 is 1.93 bits per heavy atom. The van der Waals surface area contributed by atoms with E-state index in [0.29, 0.717) is 0 Å². The maximum Gasteiger partial charge on any atom is 0.212 e. The molecule has 4 nitrogen and oxygen atoms in total. The van der Waals surface area contributed by atoms with Gasteiger partial charge >= 0.3 is 0 Å². The predicted molar refractivity (Wildman–Crippen MR) is 62.5 cm³/mol. The van der Waals surface area contributed by atoms with Crippen molar-refractivity contribution in [1.82, 2.24) is 14.9 Å². The molecule has 0 bridgehead atoms. The molecule has 0 unspecified atom stereocenters. The van der Waals surface area contributed by atoms with Crippen LogP contribution in [0.4, 0.5) is 0 Å². The molecule has 0 aromatic carbocycles. The SMILES string of the molecule is CCC1=Nn2c(CC)nnc2SC1(C)C. The minimum Gasteiger partial charge on any atom is -0.191 e. The first-order valence-corrected chi connectivity index (χ1v) is 6.11. The zero-order chi connectivity index (χ0) is 11.1. The van der Waals surface area contributed by atoms with Gasteiger partial charge in [0.15, 0.2) is 5.82 Å². The van der Waals surface area contributed by atoms with Crippen LogP contribution in [0.1, 0.15) is 39.9 Å². The van der Waals surface area contributed by atoms with E-state index < -0.39 is 0 Å². The van der Waals surface area contributed by atoms with Crippen molar-refractivity contribution < 1.29 is 0 Å². The lowest BCUT2D eigenvalue weighted by Crippen LogP contribution is -2.31. The first kappa shape index (κ1) is 10.7. The smallest absolute Gasteiger partial charge is 0.191 e. The Kier molecular flexibility index (Phi) is 2.58. The lowest BCUT2D eigenvalue weighted by Gasteiger charge is -2.28. The van der Waals surface area contributed by atoms with Gasteiger partial charge in [-0.1, -0.05) is 25.6 Å². The van der Waals surface area contributed by atoms with Crippen LogP contribution in [-0.2, 0) is 6.42 Å². The van der Waals surface area contributed by atoms with Gasteiger partial charge in [0.25, 0.3) is 0 Å². The van der Waals surface area contributed by atoms with Crippen molar-refractivity contribution in [2.75, 3.05) is 0 Å². The summed E-state index contributed by atoms with van der Waals surface area (Å²) in [4.78, 5) is 0. The van der Waals surface area contributed by atoms with Gasteiger partial charge in [0.05, 0.1) is 10.5 Å². The van der Waals surface area contributed by atoms with Gasteiger partial charge in [-0.25, -0.2) is 0 Å². The molecule has 0 saturated heterocycles. The van der Waals surface area contributed by atoms with E-state index in [1.54, 1.807) is 11.8 Å². The minimum absolute atomic E-state index is 0.0444. The molecule has 0 N–H and O–H groups in total. The Bertz CT molecular complexity index is 406. The van der Waals surface area contributed by atoms with E-state index in [4.69, 9.17) is 0 Å². The number of fused-ring (bicyclic) bond motifs is 1. The fraction of sp³-hybridized carbons (Fsp3) is 0.700. The van der Waals surface area contributed by atoms with Crippen molar-refractivity contribution in [2.24, 2.45) is 5.10 Å². The van der Waals surface area contributed by atoms with E-state index in [1.165, 1.54) is 5.71 Å². The zero-order valence-corrected chi connectivity index (χ0v) is 10.4. The molecule has 0 spiro atoms. The monoisotopic (exact) mass is 224 g/mol. The second kappa shape index (κ2) is 3.63. The third kappa shape index (κ3) is 1.69. The molecule has 0 radical (unpaired) electrons. The number of rotatable bonds is 2. The molecular weight excluding hydrogens is 208 g/mol. The average molecular weight is 224 g/mol. The predicted octanol–water partition coefficient (Wildman–Crippen LogP) is 2.34. The summed E-state index contributed by atoms with van der Waals surface area (Å²) in [6, 6.07) is 0. The van der Waals surface area contributed by atoms with Crippen LogP contribution in [0.15, 0.2) is 10.3 Å². The number of aryl methyl sites for hydroxylation is 1. The number of aromatic nitrogens is 3. The Morgan fingerprint density at radius 1 is 1.20 bits per heavy atom. The van der Waals surface area contributed by atoms with Gasteiger partial charge < -0.3 is 0 Å². The van der Waals surface area contributed by atoms with Gasteiger partial charge in [0.2, 0.25) is 5.16 Å². The van der Waals surface area contributed by atoms with Crippen molar-refractivity contribution in [3.8, 4) is 0 Å². The zero-order valence-electron chi connectivity index (χ0n) is 9.61. The van der Waals surface area contributed by atoms with Crippen molar-refractivity contribution >= 4 is 17.5 Å². The van der Waals surface area contributed by atoms with E-state index in [2.05, 4.69) is 43.0 Å². The molecule has 0 aliphatic carbocycles. The van der Waals surface area contributed by atoms with Gasteiger partial charge in [-0.3, -0.25) is 0 Å². The van der Waals surface area contributed by atoms with E-state index >= 15 is 0 Å². The molecule has 1 aliphatic rings. The van der Waals surface area contributed by atoms with Crippen LogP contribution in [0.25, 0.3) is 0 Å². The van der Waals surface area contributed by atoms with Crippen LogP contribution < -0.4 is 0 Å². The quantitative estimate of drug-likeness (QED) is 0.774. The summed E-state index contributed by atoms with van der Waals surface area (Å²) in [6.07, 6.45) is 1.84. The minimum atomic E-state index is 0.0444. The molecule has 2 heterocycles. The van der Waals surface area contributed by atoms with Crippen molar-refractivity contribution in [3.05, 3.63) is 5.82 Å². The van der Waals surface area contributed by atoms with Crippen LogP contribution in [0.2, 0.25) is 0 Å². The van der Waals surface area contributed by atoms with Crippen LogP contribution in [0, 0.1) is 0 Å². The maximum atomic E-state index is 4.63. The molecule has 2 rings (SSSR count). The van der Waals surface area contributed by atoms with Gasteiger partial charge in [-0.05, 0) is 20.3 Å². The van der Waals surface area contributed by atoms with Gasteiger partial charge in [0, 0.05) is 6.42 Å². The Labute approximate surface area is 94.2 Å². The molecule has 1 aliphatic heterocycles. The summed E-state index contributed by atoms with van der Waals surface area (Å²) >= 11 is 1.74. The van der Waals surface area contributed by atoms with Crippen LogP contribution in [-0.4, -0.2) is 25.3 Å². The van der Waals surface area contributed by atoms with Crippen LogP contribution in [0.3, 0.4) is 0 Å². The van der Waals surface area contributed by atoms with Gasteiger partial charge in [-0.2, -0.15) is 9.78 Å². The summed E-state index contributed by atoms with van der Waals surface area (Å²) in [5.41, 5.74) is 1.20. The van der Waals surface area contributed by atoms with E-state index in [0.717, 1.165) is 23.8 Å². The summed E-state index contributed by atoms with van der Waals surface area (Å²) < 4.78 is 1.93. The highest BCUT2D eigenvalue weighted by atomic mass is 32.2. The van der Waals surface area contributed by atoms with Crippen molar-refractivity contribution in [2.45, 2.75) is 50.4 Å². The third-order valence-electron chi connectivity index (χ3n) is 2.59. The average Bonchev–Trinajstić information content (AvgIpc) is 2.56. The van der Waals surface area contributed by atoms with E-state index in [1.807, 2.05) is 4.68 Å². The Hall–Kier alpha value is -0.840. The van der Waals surface area contributed by atoms with Crippen LogP contribution >= 0.6 is 11.8 Å². The Balaban J connectivity index is 2.50. The lowest BCUT2D eigenvalue weighted by atomic mass is 10.1. The first-order chi connectivity index (χ1) is 7.08. The Morgan fingerprint density at radius 3 is 2.53 bits per heavy atom. The molecule has 1 aromatic rings. The van der Waals surface area contributed by atoms with E-state index in [9.17, 15) is 0 Å². The molecule has 1 aromatic heterocycles. The number of hydrogen-bond acceptors (Lipinski definition) is 4. The second-order valence-corrected chi connectivity index (χ2v) is 5.67. The number of thioether (sulfide) groups is 1. The fourth-order valence-electron chi connectivity index (χ4n) is 1.70.